The van der Waals surface area contributed by atoms with Gasteiger partial charge in [-0.2, -0.15) is 0 Å². The molecule has 4 amide bonds. The summed E-state index contributed by atoms with van der Waals surface area (Å²) in [5, 5.41) is 16.3. The van der Waals surface area contributed by atoms with Crippen LogP contribution in [-0.4, -0.2) is 96.0 Å². The van der Waals surface area contributed by atoms with E-state index in [4.69, 9.17) is 0 Å². The Hall–Kier alpha value is -2.82. The average molecular weight is 456 g/mol. The molecule has 0 bridgehead atoms. The van der Waals surface area contributed by atoms with E-state index in [1.165, 1.54) is 0 Å². The summed E-state index contributed by atoms with van der Waals surface area (Å²) in [6.45, 7) is 5.48. The summed E-state index contributed by atoms with van der Waals surface area (Å²) in [7, 11) is 0. The second-order valence-corrected chi connectivity index (χ2v) is 9.41. The van der Waals surface area contributed by atoms with Gasteiger partial charge >= 0.3 is 0 Å². The van der Waals surface area contributed by atoms with Gasteiger partial charge in [-0.3, -0.25) is 34.3 Å². The van der Waals surface area contributed by atoms with Crippen molar-refractivity contribution in [2.75, 3.05) is 50.7 Å². The quantitative estimate of drug-likeness (QED) is 0.511. The maximum atomic E-state index is 13.1. The molecule has 1 aromatic rings. The molecule has 5 rings (SSSR count). The monoisotopic (exact) mass is 455 g/mol. The average Bonchev–Trinajstić information content (AvgIpc) is 3.04. The zero-order valence-corrected chi connectivity index (χ0v) is 18.5. The third-order valence-corrected chi connectivity index (χ3v) is 7.21. The van der Waals surface area contributed by atoms with Crippen LogP contribution >= 0.6 is 0 Å². The van der Waals surface area contributed by atoms with Gasteiger partial charge in [0.1, 0.15) is 6.04 Å². The van der Waals surface area contributed by atoms with E-state index >= 15 is 0 Å². The molecule has 4 aliphatic heterocycles. The number of carbonyl (C=O) groups excluding carboxylic acids is 4. The largest absolute Gasteiger partial charge is 0.388 e. The topological polar surface area (TPSA) is 122 Å². The van der Waals surface area contributed by atoms with Crippen LogP contribution in [0.4, 0.5) is 5.69 Å². The summed E-state index contributed by atoms with van der Waals surface area (Å²) in [5.41, 5.74) is 0.821. The normalized spacial score (nSPS) is 25.9. The van der Waals surface area contributed by atoms with Gasteiger partial charge in [0.05, 0.1) is 16.7 Å². The number of anilines is 1. The van der Waals surface area contributed by atoms with Crippen molar-refractivity contribution in [1.82, 2.24) is 20.4 Å². The van der Waals surface area contributed by atoms with Gasteiger partial charge in [0.15, 0.2) is 0 Å². The lowest BCUT2D eigenvalue weighted by Crippen LogP contribution is -2.54. The zero-order valence-electron chi connectivity index (χ0n) is 18.5. The first-order chi connectivity index (χ1) is 15.8. The van der Waals surface area contributed by atoms with Gasteiger partial charge in [-0.15, -0.1) is 0 Å². The molecule has 1 unspecified atom stereocenters. The number of hydrogen-bond acceptors (Lipinski definition) is 8. The maximum absolute atomic E-state index is 13.1. The summed E-state index contributed by atoms with van der Waals surface area (Å²) in [6, 6.07) is 4.27. The number of piperazine rings is 1. The minimum atomic E-state index is -0.956. The number of fused-ring (bicyclic) bond motifs is 1. The Balaban J connectivity index is 1.25. The van der Waals surface area contributed by atoms with Crippen molar-refractivity contribution in [1.29, 1.82) is 0 Å². The summed E-state index contributed by atoms with van der Waals surface area (Å²) in [6.07, 6.45) is 1.77. The smallest absolute Gasteiger partial charge is 0.262 e. The number of carbonyl (C=O) groups is 4. The highest BCUT2D eigenvalue weighted by atomic mass is 16.3. The van der Waals surface area contributed by atoms with Crippen LogP contribution in [0.15, 0.2) is 18.2 Å². The number of nitrogens with zero attached hydrogens (tertiary/aromatic N) is 3. The molecule has 0 radical (unpaired) electrons. The van der Waals surface area contributed by atoms with E-state index < -0.39 is 29.4 Å². The minimum Gasteiger partial charge on any atom is -0.388 e. The molecule has 0 aromatic heterocycles. The summed E-state index contributed by atoms with van der Waals surface area (Å²) < 4.78 is 0. The van der Waals surface area contributed by atoms with E-state index in [0.29, 0.717) is 17.7 Å². The third-order valence-electron chi connectivity index (χ3n) is 7.21. The van der Waals surface area contributed by atoms with Crippen LogP contribution in [-0.2, 0) is 9.59 Å². The molecule has 10 heteroatoms. The van der Waals surface area contributed by atoms with E-state index in [1.54, 1.807) is 12.1 Å². The summed E-state index contributed by atoms with van der Waals surface area (Å²) in [5.74, 6) is -1.97. The molecular formula is C23H29N5O5. The Kier molecular flexibility index (Phi) is 5.67. The number of rotatable bonds is 4. The Morgan fingerprint density at radius 1 is 0.970 bits per heavy atom. The lowest BCUT2D eigenvalue weighted by atomic mass is 9.91. The number of imide groups is 2. The van der Waals surface area contributed by atoms with Crippen molar-refractivity contribution in [3.05, 3.63) is 29.3 Å². The van der Waals surface area contributed by atoms with Crippen molar-refractivity contribution >= 4 is 29.3 Å². The fourth-order valence-electron chi connectivity index (χ4n) is 5.29. The van der Waals surface area contributed by atoms with E-state index in [-0.39, 0.29) is 18.7 Å². The molecule has 1 atom stereocenters. The van der Waals surface area contributed by atoms with E-state index in [1.807, 2.05) is 6.07 Å². The number of benzene rings is 1. The fraction of sp³-hybridized carbons (Fsp3) is 0.565. The summed E-state index contributed by atoms with van der Waals surface area (Å²) in [4.78, 5) is 55.1. The molecule has 0 spiro atoms. The molecule has 4 heterocycles. The molecular weight excluding hydrogens is 426 g/mol. The van der Waals surface area contributed by atoms with Crippen molar-refractivity contribution in [2.45, 2.75) is 37.3 Å². The van der Waals surface area contributed by atoms with Gasteiger partial charge in [-0.05, 0) is 50.6 Å². The van der Waals surface area contributed by atoms with Gasteiger partial charge in [0.2, 0.25) is 11.8 Å². The Bertz CT molecular complexity index is 997. The molecule has 3 fully saturated rings. The fourth-order valence-corrected chi connectivity index (χ4v) is 5.29. The molecule has 3 N–H and O–H groups in total. The van der Waals surface area contributed by atoms with E-state index in [0.717, 1.165) is 62.7 Å². The highest BCUT2D eigenvalue weighted by Gasteiger charge is 2.44. The van der Waals surface area contributed by atoms with Crippen LogP contribution in [0.3, 0.4) is 0 Å². The number of piperidine rings is 2. The van der Waals surface area contributed by atoms with Crippen LogP contribution in [0.25, 0.3) is 0 Å². The van der Waals surface area contributed by atoms with Gasteiger partial charge in [-0.25, -0.2) is 0 Å². The van der Waals surface area contributed by atoms with Gasteiger partial charge in [-0.1, -0.05) is 0 Å². The molecule has 10 nitrogen and oxygen atoms in total. The number of hydrogen-bond donors (Lipinski definition) is 3. The molecule has 4 aliphatic rings. The highest BCUT2D eigenvalue weighted by molar-refractivity contribution is 6.23. The first-order valence-corrected chi connectivity index (χ1v) is 11.6. The number of nitrogens with one attached hydrogen (secondary N) is 2. The number of amides is 4. The number of aliphatic hydroxyl groups is 1. The van der Waals surface area contributed by atoms with Crippen LogP contribution in [0.1, 0.15) is 46.4 Å². The second-order valence-electron chi connectivity index (χ2n) is 9.41. The van der Waals surface area contributed by atoms with Gasteiger partial charge < -0.3 is 15.3 Å². The molecule has 0 saturated carbocycles. The Morgan fingerprint density at radius 2 is 1.67 bits per heavy atom. The number of β-amino-alcohol motifs (C(OH)–C–C–N with tert-alkyl or cyclic N) is 1. The molecule has 1 aromatic carbocycles. The standard InChI is InChI=1S/C23H29N5O5/c29-19-4-3-18(20(30)25-19)28-21(31)16-2-1-15(13-17(16)22(28)32)27-11-9-26(10-12-27)14-23(33)5-7-24-8-6-23/h1-2,13,18,24,33H,3-12,14H2,(H,25,29,30). The molecule has 33 heavy (non-hydrogen) atoms. The van der Waals surface area contributed by atoms with Crippen LogP contribution in [0.2, 0.25) is 0 Å². The van der Waals surface area contributed by atoms with Gasteiger partial charge in [0.25, 0.3) is 11.8 Å². The van der Waals surface area contributed by atoms with Crippen LogP contribution in [0.5, 0.6) is 0 Å². The lowest BCUT2D eigenvalue weighted by molar-refractivity contribution is -0.136. The van der Waals surface area contributed by atoms with Crippen molar-refractivity contribution in [3.63, 3.8) is 0 Å². The lowest BCUT2D eigenvalue weighted by Gasteiger charge is -2.41. The second kappa shape index (κ2) is 8.51. The minimum absolute atomic E-state index is 0.102. The predicted octanol–water partition coefficient (Wildman–Crippen LogP) is -0.676. The summed E-state index contributed by atoms with van der Waals surface area (Å²) >= 11 is 0. The van der Waals surface area contributed by atoms with Crippen molar-refractivity contribution in [3.8, 4) is 0 Å². The van der Waals surface area contributed by atoms with Crippen molar-refractivity contribution in [2.24, 2.45) is 0 Å². The molecule has 176 valence electrons. The molecule has 0 aliphatic carbocycles. The first kappa shape index (κ1) is 22.0. The Morgan fingerprint density at radius 3 is 2.36 bits per heavy atom. The Labute approximate surface area is 191 Å². The first-order valence-electron chi connectivity index (χ1n) is 11.6. The maximum Gasteiger partial charge on any atom is 0.262 e. The molecule has 3 saturated heterocycles. The predicted molar refractivity (Wildman–Crippen MR) is 119 cm³/mol. The third kappa shape index (κ3) is 4.14. The van der Waals surface area contributed by atoms with Crippen molar-refractivity contribution < 1.29 is 24.3 Å². The zero-order chi connectivity index (χ0) is 23.2. The highest BCUT2D eigenvalue weighted by Crippen LogP contribution is 2.31. The van der Waals surface area contributed by atoms with Crippen LogP contribution in [0, 0.1) is 0 Å². The van der Waals surface area contributed by atoms with E-state index in [9.17, 15) is 24.3 Å². The van der Waals surface area contributed by atoms with E-state index in [2.05, 4.69) is 20.4 Å². The van der Waals surface area contributed by atoms with Gasteiger partial charge in [0, 0.05) is 44.8 Å². The van der Waals surface area contributed by atoms with Crippen LogP contribution < -0.4 is 15.5 Å². The SMILES string of the molecule is O=C1CCC(N2C(=O)c3ccc(N4CCN(CC5(O)CCNCC5)CC4)cc3C2=O)C(=O)N1.